The maximum absolute atomic E-state index is 8.98. The van der Waals surface area contributed by atoms with E-state index >= 15 is 0 Å². The largest absolute Gasteiger partial charge is 0.208 e. The molecule has 0 spiro atoms. The van der Waals surface area contributed by atoms with Crippen LogP contribution in [0.15, 0.2) is 176 Å². The van der Waals surface area contributed by atoms with Crippen molar-refractivity contribution in [1.29, 1.82) is 0 Å². The summed E-state index contributed by atoms with van der Waals surface area (Å²) in [5.74, 6) is 1.24. The smallest absolute Gasteiger partial charge is 0.164 e. The average Bonchev–Trinajstić information content (AvgIpc) is 3.68. The molecule has 0 bridgehead atoms. The zero-order valence-electron chi connectivity index (χ0n) is 36.7. The highest BCUT2D eigenvalue weighted by atomic mass is 32.1. The fourth-order valence-electron chi connectivity index (χ4n) is 6.80. The second-order valence-electron chi connectivity index (χ2n) is 12.0. The Hall–Kier alpha value is -6.49. The summed E-state index contributed by atoms with van der Waals surface area (Å²) < 4.78 is 87.7. The summed E-state index contributed by atoms with van der Waals surface area (Å²) in [5.41, 5.74) is 2.50. The third kappa shape index (κ3) is 5.08. The highest BCUT2D eigenvalue weighted by Gasteiger charge is 2.20. The van der Waals surface area contributed by atoms with E-state index in [2.05, 4.69) is 30.3 Å². The van der Waals surface area contributed by atoms with Crippen molar-refractivity contribution in [2.24, 2.45) is 0 Å². The van der Waals surface area contributed by atoms with Crippen molar-refractivity contribution in [2.45, 2.75) is 0 Å². The van der Waals surface area contributed by atoms with Crippen molar-refractivity contribution < 1.29 is 13.7 Å². The van der Waals surface area contributed by atoms with Crippen LogP contribution in [0.1, 0.15) is 13.7 Å². The van der Waals surface area contributed by atoms with Gasteiger partial charge in [0.05, 0.1) is 13.7 Å². The standard InChI is InChI=1S/C47H29N3S/c1-4-15-30(16-5-1)34-28-39(31-17-6-2-7-18-31)44-41(29-34)43-38(25-14-26-42(43)51-44)46-48-45(32-19-8-3-9-20-32)49-47(50-46)40-27-33-21-10-11-22-35(33)36-23-12-13-24-37(36)40/h1-29H/i1D,2D,4D,5D,6D,7D,15D,16D,17D,18D. The van der Waals surface area contributed by atoms with Gasteiger partial charge in [0.1, 0.15) is 0 Å². The molecule has 10 rings (SSSR count). The van der Waals surface area contributed by atoms with Crippen LogP contribution in [0.5, 0.6) is 0 Å². The van der Waals surface area contributed by atoms with Crippen molar-refractivity contribution in [3.8, 4) is 56.4 Å². The molecule has 0 unspecified atom stereocenters. The first-order chi connectivity index (χ1) is 29.4. The molecule has 0 aliphatic heterocycles. The predicted molar refractivity (Wildman–Crippen MR) is 215 cm³/mol. The third-order valence-electron chi connectivity index (χ3n) is 9.07. The molecular formula is C47H29N3S. The van der Waals surface area contributed by atoms with E-state index in [9.17, 15) is 0 Å². The van der Waals surface area contributed by atoms with Crippen LogP contribution in [0, 0.1) is 0 Å². The summed E-state index contributed by atoms with van der Waals surface area (Å²) in [5, 5.41) is 5.35. The van der Waals surface area contributed by atoms with Crippen molar-refractivity contribution in [2.75, 3.05) is 0 Å². The Morgan fingerprint density at radius 2 is 1.06 bits per heavy atom. The SMILES string of the molecule is [2H]c1c([2H])c([2H])c(-c2cc(-c3c([2H])c([2H])c([2H])c([2H])c3[2H])c3sc4cccc(-c5nc(-c6ccccc6)nc(-c6cc7ccccc7c7ccccc67)n5)c4c3c2)c([2H])c1[2H]. The van der Waals surface area contributed by atoms with E-state index in [1.807, 2.05) is 72.8 Å². The number of fused-ring (bicyclic) bond motifs is 6. The van der Waals surface area contributed by atoms with Gasteiger partial charge >= 0.3 is 0 Å². The van der Waals surface area contributed by atoms with Crippen LogP contribution in [-0.2, 0) is 0 Å². The fourth-order valence-corrected chi connectivity index (χ4v) is 8.03. The van der Waals surface area contributed by atoms with Gasteiger partial charge in [0.2, 0.25) is 0 Å². The minimum Gasteiger partial charge on any atom is -0.208 e. The first kappa shape index (κ1) is 20.9. The Morgan fingerprint density at radius 3 is 1.84 bits per heavy atom. The molecule has 238 valence electrons. The second-order valence-corrected chi connectivity index (χ2v) is 13.1. The minimum absolute atomic E-state index is 0.0738. The van der Waals surface area contributed by atoms with E-state index in [0.717, 1.165) is 37.4 Å². The second kappa shape index (κ2) is 12.1. The van der Waals surface area contributed by atoms with Crippen molar-refractivity contribution in [3.05, 3.63) is 176 Å². The van der Waals surface area contributed by atoms with E-state index in [1.54, 1.807) is 12.1 Å². The lowest BCUT2D eigenvalue weighted by Crippen LogP contribution is -2.01. The zero-order chi connectivity index (χ0) is 42.4. The van der Waals surface area contributed by atoms with E-state index in [1.165, 1.54) is 11.3 Å². The molecule has 0 fully saturated rings. The first-order valence-electron chi connectivity index (χ1n) is 21.3. The van der Waals surface area contributed by atoms with E-state index in [4.69, 9.17) is 28.7 Å². The van der Waals surface area contributed by atoms with Gasteiger partial charge in [-0.15, -0.1) is 11.3 Å². The van der Waals surface area contributed by atoms with Gasteiger partial charge in [0.25, 0.3) is 0 Å². The van der Waals surface area contributed by atoms with E-state index in [0.29, 0.717) is 38.5 Å². The number of hydrogen-bond donors (Lipinski definition) is 0. The van der Waals surface area contributed by atoms with Gasteiger partial charge < -0.3 is 0 Å². The topological polar surface area (TPSA) is 38.7 Å². The molecule has 0 aliphatic carbocycles. The average molecular weight is 678 g/mol. The highest BCUT2D eigenvalue weighted by molar-refractivity contribution is 7.26. The number of nitrogens with zero attached hydrogens (tertiary/aromatic N) is 3. The molecule has 8 aromatic carbocycles. The number of benzene rings is 8. The number of hydrogen-bond acceptors (Lipinski definition) is 4. The summed E-state index contributed by atoms with van der Waals surface area (Å²) in [4.78, 5) is 15.4. The normalized spacial score (nSPS) is 14.3. The monoisotopic (exact) mass is 677 g/mol. The van der Waals surface area contributed by atoms with Crippen LogP contribution in [-0.4, -0.2) is 15.0 Å². The van der Waals surface area contributed by atoms with Crippen molar-refractivity contribution >= 4 is 53.1 Å². The van der Waals surface area contributed by atoms with Crippen LogP contribution in [0.4, 0.5) is 0 Å². The summed E-state index contributed by atoms with van der Waals surface area (Å²) >= 11 is 1.35. The van der Waals surface area contributed by atoms with Crippen LogP contribution in [0.2, 0.25) is 0 Å². The minimum atomic E-state index is -0.548. The maximum atomic E-state index is 8.98. The van der Waals surface area contributed by atoms with Crippen LogP contribution < -0.4 is 0 Å². The molecule has 0 amide bonds. The molecule has 10 aromatic rings. The Balaban J connectivity index is 1.33. The molecule has 4 heteroatoms. The third-order valence-corrected chi connectivity index (χ3v) is 10.3. The quantitative estimate of drug-likeness (QED) is 0.170. The van der Waals surface area contributed by atoms with Crippen molar-refractivity contribution in [3.63, 3.8) is 0 Å². The molecule has 2 aromatic heterocycles. The zero-order valence-corrected chi connectivity index (χ0v) is 27.5. The van der Waals surface area contributed by atoms with Crippen LogP contribution in [0.3, 0.4) is 0 Å². The molecule has 0 saturated carbocycles. The van der Waals surface area contributed by atoms with Gasteiger partial charge in [0.15, 0.2) is 17.5 Å². The van der Waals surface area contributed by atoms with Gasteiger partial charge in [-0.05, 0) is 62.5 Å². The first-order valence-corrected chi connectivity index (χ1v) is 17.1. The number of aromatic nitrogens is 3. The molecule has 3 nitrogen and oxygen atoms in total. The molecule has 51 heavy (non-hydrogen) atoms. The molecule has 0 atom stereocenters. The fraction of sp³-hybridized carbons (Fsp3) is 0. The van der Waals surface area contributed by atoms with E-state index < -0.39 is 60.4 Å². The Labute approximate surface area is 313 Å². The van der Waals surface area contributed by atoms with Gasteiger partial charge in [-0.25, -0.2) is 15.0 Å². The van der Waals surface area contributed by atoms with Gasteiger partial charge in [0, 0.05) is 42.4 Å². The number of rotatable bonds is 5. The highest BCUT2D eigenvalue weighted by Crippen LogP contribution is 2.46. The summed E-state index contributed by atoms with van der Waals surface area (Å²) in [6, 6.07) is 32.0. The molecule has 0 radical (unpaired) electrons. The lowest BCUT2D eigenvalue weighted by Gasteiger charge is -2.13. The van der Waals surface area contributed by atoms with E-state index in [-0.39, 0.29) is 22.3 Å². The number of thiophene rings is 1. The van der Waals surface area contributed by atoms with Crippen molar-refractivity contribution in [1.82, 2.24) is 15.0 Å². The molecule has 0 aliphatic rings. The lowest BCUT2D eigenvalue weighted by molar-refractivity contribution is 1.08. The van der Waals surface area contributed by atoms with Gasteiger partial charge in [-0.1, -0.05) is 151 Å². The van der Waals surface area contributed by atoms with Gasteiger partial charge in [-0.3, -0.25) is 0 Å². The molecular weight excluding hydrogens is 639 g/mol. The summed E-state index contributed by atoms with van der Waals surface area (Å²) in [6.07, 6.45) is 0. The molecule has 2 heterocycles. The summed E-state index contributed by atoms with van der Waals surface area (Å²) in [7, 11) is 0. The molecule has 0 N–H and O–H groups in total. The van der Waals surface area contributed by atoms with Crippen LogP contribution in [0.25, 0.3) is 98.1 Å². The maximum Gasteiger partial charge on any atom is 0.164 e. The van der Waals surface area contributed by atoms with Crippen LogP contribution >= 0.6 is 11.3 Å². The Morgan fingerprint density at radius 1 is 0.412 bits per heavy atom. The summed E-state index contributed by atoms with van der Waals surface area (Å²) in [6.45, 7) is 0. The Bertz CT molecular complexity index is 3440. The Kier molecular flexibility index (Phi) is 4.97. The lowest BCUT2D eigenvalue weighted by atomic mass is 9.95. The van der Waals surface area contributed by atoms with Gasteiger partial charge in [-0.2, -0.15) is 0 Å². The predicted octanol–water partition coefficient (Wildman–Crippen LogP) is 12.9. The molecule has 0 saturated heterocycles.